The molecule has 110 valence electrons. The first-order valence-electron chi connectivity index (χ1n) is 6.55. The van der Waals surface area contributed by atoms with Gasteiger partial charge in [0, 0.05) is 12.5 Å². The summed E-state index contributed by atoms with van der Waals surface area (Å²) in [6.45, 7) is 1.85. The molecule has 1 atom stereocenters. The number of aromatic hydroxyl groups is 1. The van der Waals surface area contributed by atoms with Gasteiger partial charge >= 0.3 is 0 Å². The van der Waals surface area contributed by atoms with Crippen molar-refractivity contribution in [3.8, 4) is 5.75 Å². The Hall–Kier alpha value is -2.76. The van der Waals surface area contributed by atoms with Gasteiger partial charge in [0.25, 0.3) is 0 Å². The number of amides is 1. The minimum Gasteiger partial charge on any atom is -0.506 e. The van der Waals surface area contributed by atoms with Crippen LogP contribution in [0.1, 0.15) is 19.1 Å². The number of nitrogens with one attached hydrogen (secondary N) is 2. The zero-order chi connectivity index (χ0) is 15.1. The molecule has 0 bridgehead atoms. The molecule has 1 amide bonds. The quantitative estimate of drug-likeness (QED) is 0.432. The van der Waals surface area contributed by atoms with E-state index in [0.29, 0.717) is 11.4 Å². The van der Waals surface area contributed by atoms with E-state index in [0.717, 1.165) is 0 Å². The second-order valence-corrected chi connectivity index (χ2v) is 4.58. The van der Waals surface area contributed by atoms with Crippen molar-refractivity contribution in [2.24, 2.45) is 5.10 Å². The maximum absolute atomic E-state index is 11.7. The van der Waals surface area contributed by atoms with Crippen LogP contribution in [-0.2, 0) is 4.79 Å². The van der Waals surface area contributed by atoms with Crippen LogP contribution in [0, 0.1) is 0 Å². The number of benzene rings is 1. The number of furan rings is 1. The topological polar surface area (TPSA) is 86.9 Å². The molecule has 0 fully saturated rings. The Kier molecular flexibility index (Phi) is 4.98. The Morgan fingerprint density at radius 2 is 2.19 bits per heavy atom. The Balaban J connectivity index is 1.78. The first kappa shape index (κ1) is 14.6. The number of anilines is 1. The molecule has 0 spiro atoms. The lowest BCUT2D eigenvalue weighted by molar-refractivity contribution is -0.121. The first-order chi connectivity index (χ1) is 10.1. The minimum atomic E-state index is -0.228. The predicted octanol–water partition coefficient (Wildman–Crippen LogP) is 2.33. The van der Waals surface area contributed by atoms with Gasteiger partial charge in [-0.15, -0.1) is 0 Å². The van der Waals surface area contributed by atoms with Gasteiger partial charge in [-0.3, -0.25) is 4.79 Å². The number of phenols is 1. The summed E-state index contributed by atoms with van der Waals surface area (Å²) in [6, 6.07) is 10.2. The highest BCUT2D eigenvalue weighted by atomic mass is 16.3. The molecule has 1 aromatic carbocycles. The van der Waals surface area contributed by atoms with Gasteiger partial charge in [0.05, 0.1) is 18.2 Å². The molecule has 0 aliphatic carbocycles. The first-order valence-corrected chi connectivity index (χ1v) is 6.55. The predicted molar refractivity (Wildman–Crippen MR) is 80.3 cm³/mol. The highest BCUT2D eigenvalue weighted by Crippen LogP contribution is 2.22. The van der Waals surface area contributed by atoms with Crippen LogP contribution in [0.4, 0.5) is 5.69 Å². The molecule has 0 saturated carbocycles. The third-order valence-electron chi connectivity index (χ3n) is 2.72. The van der Waals surface area contributed by atoms with Gasteiger partial charge in [-0.1, -0.05) is 12.1 Å². The van der Waals surface area contributed by atoms with Gasteiger partial charge in [-0.05, 0) is 31.2 Å². The van der Waals surface area contributed by atoms with Gasteiger partial charge in [-0.25, -0.2) is 5.43 Å². The number of hydrazone groups is 1. The number of carbonyl (C=O) groups is 1. The van der Waals surface area contributed by atoms with Crippen LogP contribution in [0.25, 0.3) is 0 Å². The summed E-state index contributed by atoms with van der Waals surface area (Å²) in [5.41, 5.74) is 3.01. The molecule has 0 aliphatic heterocycles. The maximum Gasteiger partial charge on any atom is 0.242 e. The van der Waals surface area contributed by atoms with Crippen molar-refractivity contribution in [1.29, 1.82) is 0 Å². The average molecular weight is 287 g/mol. The lowest BCUT2D eigenvalue weighted by Crippen LogP contribution is -2.26. The largest absolute Gasteiger partial charge is 0.506 e. The summed E-state index contributed by atoms with van der Waals surface area (Å²) in [7, 11) is 0. The molecule has 1 heterocycles. The highest BCUT2D eigenvalue weighted by molar-refractivity contribution is 5.80. The number of phenolic OH excluding ortho intramolecular Hbond substituents is 1. The summed E-state index contributed by atoms with van der Waals surface area (Å²) < 4.78 is 5.05. The Morgan fingerprint density at radius 3 is 2.90 bits per heavy atom. The van der Waals surface area contributed by atoms with Crippen molar-refractivity contribution >= 4 is 17.8 Å². The number of rotatable bonds is 6. The van der Waals surface area contributed by atoms with Gasteiger partial charge in [0.15, 0.2) is 0 Å². The van der Waals surface area contributed by atoms with E-state index >= 15 is 0 Å². The Labute approximate surface area is 122 Å². The summed E-state index contributed by atoms with van der Waals surface area (Å²) in [6.07, 6.45) is 3.18. The summed E-state index contributed by atoms with van der Waals surface area (Å²) in [5.74, 6) is 0.490. The summed E-state index contributed by atoms with van der Waals surface area (Å²) in [5, 5.41) is 16.5. The molecule has 3 N–H and O–H groups in total. The lowest BCUT2D eigenvalue weighted by atomic mass is 10.2. The zero-order valence-electron chi connectivity index (χ0n) is 11.6. The molecular weight excluding hydrogens is 270 g/mol. The van der Waals surface area contributed by atoms with E-state index in [1.165, 1.54) is 12.5 Å². The average Bonchev–Trinajstić information content (AvgIpc) is 2.94. The molecule has 0 radical (unpaired) electrons. The fourth-order valence-corrected chi connectivity index (χ4v) is 1.77. The van der Waals surface area contributed by atoms with Crippen LogP contribution in [0.2, 0.25) is 0 Å². The van der Waals surface area contributed by atoms with Crippen molar-refractivity contribution < 1.29 is 14.3 Å². The van der Waals surface area contributed by atoms with Gasteiger partial charge < -0.3 is 14.8 Å². The van der Waals surface area contributed by atoms with E-state index < -0.39 is 0 Å². The van der Waals surface area contributed by atoms with Crippen molar-refractivity contribution in [1.82, 2.24) is 5.43 Å². The molecule has 1 aromatic heterocycles. The van der Waals surface area contributed by atoms with Crippen LogP contribution in [0.5, 0.6) is 5.75 Å². The van der Waals surface area contributed by atoms with Crippen molar-refractivity contribution in [2.45, 2.75) is 19.4 Å². The maximum atomic E-state index is 11.7. The third-order valence-corrected chi connectivity index (χ3v) is 2.72. The normalized spacial score (nSPS) is 12.2. The highest BCUT2D eigenvalue weighted by Gasteiger charge is 2.09. The number of para-hydroxylation sites is 2. The van der Waals surface area contributed by atoms with Crippen LogP contribution in [0.15, 0.2) is 52.2 Å². The molecule has 6 heteroatoms. The van der Waals surface area contributed by atoms with E-state index in [1.54, 1.807) is 30.3 Å². The Bertz CT molecular complexity index is 608. The van der Waals surface area contributed by atoms with Crippen molar-refractivity contribution in [2.75, 3.05) is 5.32 Å². The minimum absolute atomic E-state index is 0.142. The zero-order valence-corrected chi connectivity index (χ0v) is 11.6. The third kappa shape index (κ3) is 4.68. The monoisotopic (exact) mass is 287 g/mol. The van der Waals surface area contributed by atoms with Crippen molar-refractivity contribution in [3.63, 3.8) is 0 Å². The van der Waals surface area contributed by atoms with Gasteiger partial charge in [0.2, 0.25) is 5.91 Å². The Morgan fingerprint density at radius 1 is 1.38 bits per heavy atom. The van der Waals surface area contributed by atoms with Crippen LogP contribution in [-0.4, -0.2) is 23.3 Å². The van der Waals surface area contributed by atoms with Gasteiger partial charge in [-0.2, -0.15) is 5.10 Å². The van der Waals surface area contributed by atoms with Crippen molar-refractivity contribution in [3.05, 3.63) is 48.4 Å². The second kappa shape index (κ2) is 7.14. The molecule has 6 nitrogen and oxygen atoms in total. The lowest BCUT2D eigenvalue weighted by Gasteiger charge is -2.15. The molecule has 2 aromatic rings. The second-order valence-electron chi connectivity index (χ2n) is 4.58. The number of hydrogen-bond donors (Lipinski definition) is 3. The van der Waals surface area contributed by atoms with E-state index in [4.69, 9.17) is 4.42 Å². The summed E-state index contributed by atoms with van der Waals surface area (Å²) >= 11 is 0. The summed E-state index contributed by atoms with van der Waals surface area (Å²) in [4.78, 5) is 11.7. The molecule has 1 unspecified atom stereocenters. The molecular formula is C15H17N3O3. The van der Waals surface area contributed by atoms with Crippen LogP contribution < -0.4 is 10.7 Å². The number of carbonyl (C=O) groups excluding carboxylic acids is 1. The van der Waals surface area contributed by atoms with Gasteiger partial charge in [0.1, 0.15) is 11.5 Å². The fraction of sp³-hybridized carbons (Fsp3) is 0.200. The number of hydrogen-bond acceptors (Lipinski definition) is 5. The number of nitrogens with zero attached hydrogens (tertiary/aromatic N) is 1. The van der Waals surface area contributed by atoms with E-state index in [2.05, 4.69) is 15.8 Å². The van der Waals surface area contributed by atoms with E-state index in [1.807, 2.05) is 13.0 Å². The molecule has 0 aliphatic rings. The standard InChI is InChI=1S/C15H17N3O3/c1-11(17-13-6-2-3-7-14(13)19)9-15(20)18-16-10-12-5-4-8-21-12/h2-8,10-11,17,19H,9H2,1H3,(H,18,20)/b16-10+. The smallest absolute Gasteiger partial charge is 0.242 e. The fourth-order valence-electron chi connectivity index (χ4n) is 1.77. The van der Waals surface area contributed by atoms with Crippen LogP contribution >= 0.6 is 0 Å². The molecule has 0 saturated heterocycles. The van der Waals surface area contributed by atoms with E-state index in [9.17, 15) is 9.90 Å². The van der Waals surface area contributed by atoms with E-state index in [-0.39, 0.29) is 24.1 Å². The molecule has 21 heavy (non-hydrogen) atoms. The molecule has 2 rings (SSSR count). The van der Waals surface area contributed by atoms with Crippen LogP contribution in [0.3, 0.4) is 0 Å². The SMILES string of the molecule is CC(CC(=O)N/N=C/c1ccco1)Nc1ccccc1O.